The van der Waals surface area contributed by atoms with Gasteiger partial charge in [0.05, 0.1) is 17.5 Å². The van der Waals surface area contributed by atoms with E-state index in [-0.39, 0.29) is 11.4 Å². The minimum atomic E-state index is -0.386. The number of carbonyl (C=O) groups excluding carboxylic acids is 1. The highest BCUT2D eigenvalue weighted by atomic mass is 16.3. The smallest absolute Gasteiger partial charge is 0.207 e. The van der Waals surface area contributed by atoms with Crippen molar-refractivity contribution in [3.63, 3.8) is 0 Å². The number of hydrogen-bond donors (Lipinski definition) is 0. The van der Waals surface area contributed by atoms with Crippen molar-refractivity contribution in [2.45, 2.75) is 6.92 Å². The van der Waals surface area contributed by atoms with Gasteiger partial charge in [-0.25, -0.2) is 4.68 Å². The predicted octanol–water partition coefficient (Wildman–Crippen LogP) is 4.63. The van der Waals surface area contributed by atoms with Gasteiger partial charge in [0.25, 0.3) is 0 Å². The van der Waals surface area contributed by atoms with Gasteiger partial charge in [0, 0.05) is 29.7 Å². The number of aryl methyl sites for hydroxylation is 1. The van der Waals surface area contributed by atoms with E-state index in [2.05, 4.69) is 10.1 Å². The summed E-state index contributed by atoms with van der Waals surface area (Å²) in [5.41, 5.74) is 3.31. The van der Waals surface area contributed by atoms with Crippen LogP contribution in [0, 0.1) is 18.3 Å². The van der Waals surface area contributed by atoms with Crippen molar-refractivity contribution in [3.05, 3.63) is 95.8 Å². The maximum Gasteiger partial charge on any atom is 0.207 e. The number of furan rings is 1. The molecule has 29 heavy (non-hydrogen) atoms. The van der Waals surface area contributed by atoms with Crippen LogP contribution in [0.4, 0.5) is 0 Å². The first kappa shape index (κ1) is 18.1. The minimum absolute atomic E-state index is 0.00671. The van der Waals surface area contributed by atoms with E-state index >= 15 is 0 Å². The molecule has 0 N–H and O–H groups in total. The van der Waals surface area contributed by atoms with Crippen molar-refractivity contribution >= 4 is 11.9 Å². The van der Waals surface area contributed by atoms with E-state index in [4.69, 9.17) is 4.42 Å². The molecule has 1 aromatic carbocycles. The third kappa shape index (κ3) is 3.62. The molecule has 6 heteroatoms. The highest BCUT2D eigenvalue weighted by Crippen LogP contribution is 2.26. The number of ketones is 1. The molecule has 0 saturated heterocycles. The first-order valence-electron chi connectivity index (χ1n) is 8.93. The predicted molar refractivity (Wildman–Crippen MR) is 108 cm³/mol. The number of rotatable bonds is 5. The number of para-hydroxylation sites is 1. The van der Waals surface area contributed by atoms with Crippen LogP contribution in [0.2, 0.25) is 0 Å². The molecule has 0 spiro atoms. The Kier molecular flexibility index (Phi) is 4.87. The maximum atomic E-state index is 12.8. The topological polar surface area (TPSA) is 84.7 Å². The molecule has 3 aromatic heterocycles. The molecule has 0 atom stereocenters. The number of Topliss-reactive ketones (excluding diaryl/α,β-unsaturated/α-hetero) is 1. The SMILES string of the molecule is Cc1occc1C(=O)/C(C#N)=C/c1cn(-c2ccccc2)nc1-c1cccnc1. The summed E-state index contributed by atoms with van der Waals surface area (Å²) < 4.78 is 6.92. The molecule has 0 amide bonds. The molecular weight excluding hydrogens is 364 g/mol. The summed E-state index contributed by atoms with van der Waals surface area (Å²) in [7, 11) is 0. The maximum absolute atomic E-state index is 12.8. The minimum Gasteiger partial charge on any atom is -0.469 e. The van der Waals surface area contributed by atoms with Crippen LogP contribution in [0.1, 0.15) is 21.7 Å². The molecule has 140 valence electrons. The van der Waals surface area contributed by atoms with Crippen molar-refractivity contribution < 1.29 is 9.21 Å². The molecule has 0 saturated carbocycles. The van der Waals surface area contributed by atoms with E-state index in [0.717, 1.165) is 11.3 Å². The Balaban J connectivity index is 1.84. The van der Waals surface area contributed by atoms with Crippen molar-refractivity contribution in [2.75, 3.05) is 0 Å². The molecule has 6 nitrogen and oxygen atoms in total. The number of nitrogens with zero attached hydrogens (tertiary/aromatic N) is 4. The van der Waals surface area contributed by atoms with Crippen LogP contribution < -0.4 is 0 Å². The second-order valence-corrected chi connectivity index (χ2v) is 6.34. The summed E-state index contributed by atoms with van der Waals surface area (Å²) in [6.07, 6.45) is 8.17. The summed E-state index contributed by atoms with van der Waals surface area (Å²) in [4.78, 5) is 17.0. The Morgan fingerprint density at radius 3 is 2.66 bits per heavy atom. The molecule has 0 aliphatic heterocycles. The molecule has 0 aliphatic carbocycles. The van der Waals surface area contributed by atoms with Crippen LogP contribution >= 0.6 is 0 Å². The second-order valence-electron chi connectivity index (χ2n) is 6.34. The van der Waals surface area contributed by atoms with Crippen molar-refractivity contribution in [1.29, 1.82) is 5.26 Å². The molecule has 0 unspecified atom stereocenters. The lowest BCUT2D eigenvalue weighted by Crippen LogP contribution is -2.02. The van der Waals surface area contributed by atoms with Crippen LogP contribution in [0.15, 0.2) is 83.4 Å². The molecule has 0 radical (unpaired) electrons. The van der Waals surface area contributed by atoms with E-state index in [9.17, 15) is 10.1 Å². The lowest BCUT2D eigenvalue weighted by atomic mass is 10.0. The summed E-state index contributed by atoms with van der Waals surface area (Å²) in [5.74, 6) is 0.0898. The standard InChI is InChI=1S/C23H16N4O2/c1-16-21(9-11-29-16)23(28)18(13-24)12-19-15-27(20-7-3-2-4-8-20)26-22(19)17-6-5-10-25-14-17/h2-12,14-15H,1H3/b18-12+. The summed E-state index contributed by atoms with van der Waals surface area (Å²) >= 11 is 0. The van der Waals surface area contributed by atoms with Gasteiger partial charge >= 0.3 is 0 Å². The summed E-state index contributed by atoms with van der Waals surface area (Å²) in [6, 6.07) is 16.9. The fourth-order valence-corrected chi connectivity index (χ4v) is 3.00. The molecule has 3 heterocycles. The van der Waals surface area contributed by atoms with Gasteiger partial charge in [0.15, 0.2) is 0 Å². The van der Waals surface area contributed by atoms with E-state index in [1.165, 1.54) is 6.26 Å². The fraction of sp³-hybridized carbons (Fsp3) is 0.0435. The van der Waals surface area contributed by atoms with Gasteiger partial charge in [0.1, 0.15) is 23.1 Å². The van der Waals surface area contributed by atoms with Crippen molar-refractivity contribution in [1.82, 2.24) is 14.8 Å². The summed E-state index contributed by atoms with van der Waals surface area (Å²) in [6.45, 7) is 1.69. The molecule has 0 fully saturated rings. The number of nitriles is 1. The normalized spacial score (nSPS) is 11.2. The highest BCUT2D eigenvalue weighted by molar-refractivity contribution is 6.14. The number of benzene rings is 1. The number of allylic oxidation sites excluding steroid dienone is 1. The monoisotopic (exact) mass is 380 g/mol. The summed E-state index contributed by atoms with van der Waals surface area (Å²) in [5, 5.41) is 14.3. The van der Waals surface area contributed by atoms with Crippen LogP contribution in [0.25, 0.3) is 23.0 Å². The Morgan fingerprint density at radius 1 is 1.17 bits per heavy atom. The average Bonchev–Trinajstić information content (AvgIpc) is 3.39. The molecular formula is C23H16N4O2. The van der Waals surface area contributed by atoms with Crippen molar-refractivity contribution in [2.24, 2.45) is 0 Å². The van der Waals surface area contributed by atoms with Crippen LogP contribution in [-0.2, 0) is 0 Å². The number of pyridine rings is 1. The zero-order valence-electron chi connectivity index (χ0n) is 15.6. The molecule has 4 rings (SSSR count). The first-order valence-corrected chi connectivity index (χ1v) is 8.93. The zero-order chi connectivity index (χ0) is 20.2. The Bertz CT molecular complexity index is 1230. The van der Waals surface area contributed by atoms with Gasteiger partial charge in [-0.2, -0.15) is 10.4 Å². The first-order chi connectivity index (χ1) is 14.2. The van der Waals surface area contributed by atoms with Gasteiger partial charge < -0.3 is 4.42 Å². The number of hydrogen-bond acceptors (Lipinski definition) is 5. The molecule has 0 bridgehead atoms. The third-order valence-electron chi connectivity index (χ3n) is 4.47. The van der Waals surface area contributed by atoms with Gasteiger partial charge in [0.2, 0.25) is 5.78 Å². The van der Waals surface area contributed by atoms with Gasteiger partial charge in [-0.05, 0) is 43.3 Å². The Morgan fingerprint density at radius 2 is 2.00 bits per heavy atom. The van der Waals surface area contributed by atoms with Crippen LogP contribution in [0.5, 0.6) is 0 Å². The average molecular weight is 380 g/mol. The number of carbonyl (C=O) groups is 1. The second kappa shape index (κ2) is 7.79. The van der Waals surface area contributed by atoms with Crippen LogP contribution in [0.3, 0.4) is 0 Å². The van der Waals surface area contributed by atoms with Crippen LogP contribution in [-0.4, -0.2) is 20.5 Å². The largest absolute Gasteiger partial charge is 0.469 e. The van der Waals surface area contributed by atoms with E-state index in [1.54, 1.807) is 42.3 Å². The lowest BCUT2D eigenvalue weighted by Gasteiger charge is -2.00. The highest BCUT2D eigenvalue weighted by Gasteiger charge is 2.19. The van der Waals surface area contributed by atoms with Gasteiger partial charge in [-0.3, -0.25) is 9.78 Å². The zero-order valence-corrected chi connectivity index (χ0v) is 15.6. The molecule has 0 aliphatic rings. The quantitative estimate of drug-likeness (QED) is 0.286. The van der Waals surface area contributed by atoms with E-state index < -0.39 is 0 Å². The lowest BCUT2D eigenvalue weighted by molar-refractivity contribution is 0.103. The Labute approximate surface area is 167 Å². The van der Waals surface area contributed by atoms with Crippen molar-refractivity contribution in [3.8, 4) is 23.0 Å². The number of aromatic nitrogens is 3. The molecule has 4 aromatic rings. The van der Waals surface area contributed by atoms with Gasteiger partial charge in [-0.1, -0.05) is 18.2 Å². The van der Waals surface area contributed by atoms with E-state index in [1.807, 2.05) is 48.5 Å². The van der Waals surface area contributed by atoms with E-state index in [0.29, 0.717) is 22.6 Å². The third-order valence-corrected chi connectivity index (χ3v) is 4.47. The fourth-order valence-electron chi connectivity index (χ4n) is 3.00. The van der Waals surface area contributed by atoms with Gasteiger partial charge in [-0.15, -0.1) is 0 Å². The Hall–Kier alpha value is -4.24.